The molecular weight excluding hydrogens is 212 g/mol. The summed E-state index contributed by atoms with van der Waals surface area (Å²) in [6.07, 6.45) is 2.49. The summed E-state index contributed by atoms with van der Waals surface area (Å²) in [5.74, 6) is 0. The molecule has 17 heavy (non-hydrogen) atoms. The number of nitriles is 1. The van der Waals surface area contributed by atoms with Crippen LogP contribution in [0.1, 0.15) is 29.5 Å². The summed E-state index contributed by atoms with van der Waals surface area (Å²) in [6, 6.07) is 8.63. The average Bonchev–Trinajstić information content (AvgIpc) is 3.14. The highest BCUT2D eigenvalue weighted by Gasteiger charge is 2.28. The maximum absolute atomic E-state index is 9.06. The van der Waals surface area contributed by atoms with Crippen LogP contribution >= 0.6 is 0 Å². The summed E-state index contributed by atoms with van der Waals surface area (Å²) in [6.45, 7) is 3.87. The summed E-state index contributed by atoms with van der Waals surface area (Å²) in [5, 5.41) is 17.9. The summed E-state index contributed by atoms with van der Waals surface area (Å²) in [4.78, 5) is 2.33. The van der Waals surface area contributed by atoms with Crippen LogP contribution in [-0.4, -0.2) is 29.2 Å². The van der Waals surface area contributed by atoms with Crippen molar-refractivity contribution in [1.82, 2.24) is 4.90 Å². The molecule has 0 unspecified atom stereocenters. The molecule has 1 saturated carbocycles. The van der Waals surface area contributed by atoms with Gasteiger partial charge in [-0.25, -0.2) is 0 Å². The van der Waals surface area contributed by atoms with Crippen molar-refractivity contribution in [2.24, 2.45) is 0 Å². The second-order valence-electron chi connectivity index (χ2n) is 4.68. The van der Waals surface area contributed by atoms with E-state index in [1.807, 2.05) is 25.1 Å². The van der Waals surface area contributed by atoms with Crippen molar-refractivity contribution in [3.8, 4) is 6.07 Å². The van der Waals surface area contributed by atoms with E-state index in [1.54, 1.807) is 0 Å². The summed E-state index contributed by atoms with van der Waals surface area (Å²) >= 11 is 0. The predicted octanol–water partition coefficient (Wildman–Crippen LogP) is 1.82. The van der Waals surface area contributed by atoms with Crippen LogP contribution in [0.4, 0.5) is 0 Å². The molecule has 0 spiro atoms. The van der Waals surface area contributed by atoms with E-state index in [2.05, 4.69) is 11.0 Å². The maximum atomic E-state index is 9.06. The molecule has 1 N–H and O–H groups in total. The van der Waals surface area contributed by atoms with Crippen LogP contribution in [0.15, 0.2) is 18.2 Å². The quantitative estimate of drug-likeness (QED) is 0.839. The Morgan fingerprint density at radius 3 is 2.76 bits per heavy atom. The van der Waals surface area contributed by atoms with Gasteiger partial charge in [0, 0.05) is 19.1 Å². The van der Waals surface area contributed by atoms with E-state index in [9.17, 15) is 0 Å². The number of hydrogen-bond acceptors (Lipinski definition) is 3. The molecule has 0 bridgehead atoms. The van der Waals surface area contributed by atoms with E-state index >= 15 is 0 Å². The normalized spacial score (nSPS) is 14.9. The molecular formula is C14H18N2O. The van der Waals surface area contributed by atoms with Crippen molar-refractivity contribution >= 4 is 0 Å². The number of hydrogen-bond donors (Lipinski definition) is 1. The van der Waals surface area contributed by atoms with Gasteiger partial charge >= 0.3 is 0 Å². The average molecular weight is 230 g/mol. The van der Waals surface area contributed by atoms with E-state index in [0.29, 0.717) is 11.6 Å². The molecule has 0 amide bonds. The van der Waals surface area contributed by atoms with Gasteiger partial charge in [0.05, 0.1) is 18.2 Å². The number of aryl methyl sites for hydroxylation is 1. The van der Waals surface area contributed by atoms with Crippen molar-refractivity contribution < 1.29 is 5.11 Å². The molecule has 0 aromatic heterocycles. The number of nitrogens with zero attached hydrogens (tertiary/aromatic N) is 2. The van der Waals surface area contributed by atoms with E-state index in [-0.39, 0.29) is 6.61 Å². The van der Waals surface area contributed by atoms with Crippen molar-refractivity contribution in [2.75, 3.05) is 13.2 Å². The number of benzene rings is 1. The minimum atomic E-state index is 0.214. The minimum Gasteiger partial charge on any atom is -0.395 e. The van der Waals surface area contributed by atoms with E-state index in [0.717, 1.165) is 18.7 Å². The SMILES string of the molecule is Cc1cc(C#N)ccc1CN(CCO)C1CC1. The van der Waals surface area contributed by atoms with E-state index < -0.39 is 0 Å². The van der Waals surface area contributed by atoms with E-state index in [1.165, 1.54) is 18.4 Å². The Balaban J connectivity index is 2.09. The van der Waals surface area contributed by atoms with Gasteiger partial charge in [-0.05, 0) is 43.0 Å². The maximum Gasteiger partial charge on any atom is 0.0991 e. The van der Waals surface area contributed by atoms with Gasteiger partial charge in [0.15, 0.2) is 0 Å². The van der Waals surface area contributed by atoms with Crippen molar-refractivity contribution in [1.29, 1.82) is 5.26 Å². The molecule has 0 aliphatic heterocycles. The van der Waals surface area contributed by atoms with Gasteiger partial charge in [0.2, 0.25) is 0 Å². The Labute approximate surface area is 102 Å². The number of rotatable bonds is 5. The number of aliphatic hydroxyl groups is 1. The molecule has 3 nitrogen and oxygen atoms in total. The first-order valence-electron chi connectivity index (χ1n) is 6.09. The highest BCUT2D eigenvalue weighted by atomic mass is 16.3. The Morgan fingerprint density at radius 1 is 1.47 bits per heavy atom. The minimum absolute atomic E-state index is 0.214. The van der Waals surface area contributed by atoms with Crippen LogP contribution in [0.2, 0.25) is 0 Å². The molecule has 0 radical (unpaired) electrons. The second-order valence-corrected chi connectivity index (χ2v) is 4.68. The van der Waals surface area contributed by atoms with Gasteiger partial charge in [-0.2, -0.15) is 5.26 Å². The molecule has 3 heteroatoms. The molecule has 1 fully saturated rings. The summed E-state index contributed by atoms with van der Waals surface area (Å²) in [7, 11) is 0. The molecule has 1 aliphatic rings. The lowest BCUT2D eigenvalue weighted by Gasteiger charge is -2.21. The lowest BCUT2D eigenvalue weighted by molar-refractivity contribution is 0.183. The third-order valence-electron chi connectivity index (χ3n) is 3.30. The monoisotopic (exact) mass is 230 g/mol. The van der Waals surface area contributed by atoms with Crippen LogP contribution in [0.3, 0.4) is 0 Å². The zero-order valence-electron chi connectivity index (χ0n) is 10.2. The fourth-order valence-corrected chi connectivity index (χ4v) is 2.12. The van der Waals surface area contributed by atoms with Gasteiger partial charge in [0.1, 0.15) is 0 Å². The summed E-state index contributed by atoms with van der Waals surface area (Å²) in [5.41, 5.74) is 3.13. The Hall–Kier alpha value is -1.37. The standard InChI is InChI=1S/C14H18N2O/c1-11-8-12(9-15)2-3-13(11)10-16(6-7-17)14-4-5-14/h2-3,8,14,17H,4-7,10H2,1H3. The first-order valence-corrected chi connectivity index (χ1v) is 6.09. The van der Waals surface area contributed by atoms with Gasteiger partial charge in [-0.1, -0.05) is 6.07 Å². The van der Waals surface area contributed by atoms with Crippen LogP contribution < -0.4 is 0 Å². The molecule has 0 atom stereocenters. The third kappa shape index (κ3) is 3.06. The molecule has 90 valence electrons. The molecule has 0 heterocycles. The zero-order chi connectivity index (χ0) is 12.3. The first kappa shape index (κ1) is 12.1. The van der Waals surface area contributed by atoms with Crippen LogP contribution in [0.25, 0.3) is 0 Å². The Kier molecular flexibility index (Phi) is 3.78. The lowest BCUT2D eigenvalue weighted by Crippen LogP contribution is -2.28. The first-order chi connectivity index (χ1) is 8.24. The van der Waals surface area contributed by atoms with Crippen molar-refractivity contribution in [3.05, 3.63) is 34.9 Å². The third-order valence-corrected chi connectivity index (χ3v) is 3.30. The van der Waals surface area contributed by atoms with Crippen LogP contribution in [-0.2, 0) is 6.54 Å². The largest absolute Gasteiger partial charge is 0.395 e. The Bertz CT molecular complexity index is 432. The highest BCUT2D eigenvalue weighted by molar-refractivity contribution is 5.37. The Morgan fingerprint density at radius 2 is 2.24 bits per heavy atom. The molecule has 0 saturated heterocycles. The van der Waals surface area contributed by atoms with E-state index in [4.69, 9.17) is 10.4 Å². The zero-order valence-corrected chi connectivity index (χ0v) is 10.2. The molecule has 2 rings (SSSR count). The fourth-order valence-electron chi connectivity index (χ4n) is 2.12. The summed E-state index contributed by atoms with van der Waals surface area (Å²) < 4.78 is 0. The smallest absolute Gasteiger partial charge is 0.0991 e. The topological polar surface area (TPSA) is 47.3 Å². The molecule has 1 aliphatic carbocycles. The molecule has 1 aromatic rings. The highest BCUT2D eigenvalue weighted by Crippen LogP contribution is 2.28. The second kappa shape index (κ2) is 5.31. The van der Waals surface area contributed by atoms with Gasteiger partial charge < -0.3 is 5.11 Å². The van der Waals surface area contributed by atoms with Gasteiger partial charge in [-0.3, -0.25) is 4.90 Å². The van der Waals surface area contributed by atoms with Gasteiger partial charge in [0.25, 0.3) is 0 Å². The van der Waals surface area contributed by atoms with Crippen LogP contribution in [0, 0.1) is 18.3 Å². The van der Waals surface area contributed by atoms with Gasteiger partial charge in [-0.15, -0.1) is 0 Å². The lowest BCUT2D eigenvalue weighted by atomic mass is 10.1. The van der Waals surface area contributed by atoms with Crippen LogP contribution in [0.5, 0.6) is 0 Å². The number of aliphatic hydroxyl groups excluding tert-OH is 1. The van der Waals surface area contributed by atoms with Crippen molar-refractivity contribution in [2.45, 2.75) is 32.4 Å². The fraction of sp³-hybridized carbons (Fsp3) is 0.500. The predicted molar refractivity (Wildman–Crippen MR) is 66.4 cm³/mol. The molecule has 1 aromatic carbocycles. The van der Waals surface area contributed by atoms with Crippen molar-refractivity contribution in [3.63, 3.8) is 0 Å².